The third kappa shape index (κ3) is 2.86. The quantitative estimate of drug-likeness (QED) is 0.566. The summed E-state index contributed by atoms with van der Waals surface area (Å²) in [5.41, 5.74) is 4.92. The summed E-state index contributed by atoms with van der Waals surface area (Å²) in [7, 11) is 0. The third-order valence-corrected chi connectivity index (χ3v) is 7.46. The van der Waals surface area contributed by atoms with Gasteiger partial charge in [0, 0.05) is 6.92 Å². The van der Waals surface area contributed by atoms with E-state index in [4.69, 9.17) is 4.74 Å². The van der Waals surface area contributed by atoms with Gasteiger partial charge in [-0.15, -0.1) is 0 Å². The standard InChI is InChI=1S/C22H34O2/c1-14-7-8-17-13-19-15(2)20(24-16(3)23)10-12-22(19,6)11-9-18(14)21(17,4)5/h13-14,18,20H,7-12H2,1-6H3/b17-13-/t14-,18+,20+,22-/m1/s1. The van der Waals surface area contributed by atoms with Crippen molar-refractivity contribution in [3.05, 3.63) is 22.8 Å². The molecule has 2 nitrogen and oxygen atoms in total. The summed E-state index contributed by atoms with van der Waals surface area (Å²) in [6.07, 6.45) is 9.70. The van der Waals surface area contributed by atoms with Crippen LogP contribution in [0.3, 0.4) is 0 Å². The highest BCUT2D eigenvalue weighted by atomic mass is 16.5. The van der Waals surface area contributed by atoms with E-state index in [-0.39, 0.29) is 17.5 Å². The first-order valence-electron chi connectivity index (χ1n) is 9.74. The molecule has 0 N–H and O–H groups in total. The first-order chi connectivity index (χ1) is 11.1. The molecule has 0 radical (unpaired) electrons. The molecule has 0 aromatic rings. The van der Waals surface area contributed by atoms with Gasteiger partial charge in [0.15, 0.2) is 0 Å². The summed E-state index contributed by atoms with van der Waals surface area (Å²) in [4.78, 5) is 11.5. The van der Waals surface area contributed by atoms with Crippen LogP contribution >= 0.6 is 0 Å². The Bertz CT molecular complexity index is 595. The van der Waals surface area contributed by atoms with Gasteiger partial charge in [-0.3, -0.25) is 4.79 Å². The van der Waals surface area contributed by atoms with E-state index >= 15 is 0 Å². The number of fused-ring (bicyclic) bond motifs is 3. The molecule has 2 heteroatoms. The van der Waals surface area contributed by atoms with Crippen molar-refractivity contribution in [1.82, 2.24) is 0 Å². The summed E-state index contributed by atoms with van der Waals surface area (Å²) >= 11 is 0. The number of hydrogen-bond acceptors (Lipinski definition) is 2. The number of hydrogen-bond donors (Lipinski definition) is 0. The Hall–Kier alpha value is -1.05. The first-order valence-corrected chi connectivity index (χ1v) is 9.74. The van der Waals surface area contributed by atoms with Gasteiger partial charge in [0.05, 0.1) is 0 Å². The van der Waals surface area contributed by atoms with Crippen molar-refractivity contribution in [1.29, 1.82) is 0 Å². The SMILES string of the molecule is CC(=O)O[C@H]1CC[C@@]2(C)CC[C@H]3[C@H](C)CC/C(=C/C2=C1C)C3(C)C. The van der Waals surface area contributed by atoms with Crippen molar-refractivity contribution in [2.75, 3.05) is 0 Å². The van der Waals surface area contributed by atoms with Gasteiger partial charge < -0.3 is 4.74 Å². The van der Waals surface area contributed by atoms with Gasteiger partial charge in [-0.1, -0.05) is 39.3 Å². The highest BCUT2D eigenvalue weighted by Crippen LogP contribution is 2.56. The lowest BCUT2D eigenvalue weighted by Gasteiger charge is -2.50. The van der Waals surface area contributed by atoms with Crippen molar-refractivity contribution in [2.45, 2.75) is 86.2 Å². The maximum Gasteiger partial charge on any atom is 0.303 e. The summed E-state index contributed by atoms with van der Waals surface area (Å²) in [6.45, 7) is 13.5. The van der Waals surface area contributed by atoms with Gasteiger partial charge in [0.2, 0.25) is 0 Å². The fourth-order valence-corrected chi connectivity index (χ4v) is 5.75. The van der Waals surface area contributed by atoms with Crippen LogP contribution in [0.4, 0.5) is 0 Å². The molecule has 134 valence electrons. The minimum Gasteiger partial charge on any atom is -0.458 e. The minimum absolute atomic E-state index is 0.0247. The molecule has 2 bridgehead atoms. The maximum atomic E-state index is 11.5. The highest BCUT2D eigenvalue weighted by Gasteiger charge is 2.45. The van der Waals surface area contributed by atoms with Crippen molar-refractivity contribution < 1.29 is 9.53 Å². The van der Waals surface area contributed by atoms with Gasteiger partial charge in [-0.05, 0) is 79.3 Å². The number of carbonyl (C=O) groups is 1. The summed E-state index contributed by atoms with van der Waals surface area (Å²) in [5, 5.41) is 0. The predicted octanol–water partition coefficient (Wildman–Crippen LogP) is 5.83. The maximum absolute atomic E-state index is 11.5. The molecule has 0 aromatic heterocycles. The highest BCUT2D eigenvalue weighted by molar-refractivity contribution is 5.66. The minimum atomic E-state index is -0.158. The van der Waals surface area contributed by atoms with Crippen LogP contribution in [0, 0.1) is 22.7 Å². The Morgan fingerprint density at radius 3 is 2.50 bits per heavy atom. The van der Waals surface area contributed by atoms with Crippen LogP contribution in [0.5, 0.6) is 0 Å². The third-order valence-electron chi connectivity index (χ3n) is 7.46. The van der Waals surface area contributed by atoms with Crippen LogP contribution in [-0.4, -0.2) is 12.1 Å². The van der Waals surface area contributed by atoms with Crippen molar-refractivity contribution in [3.8, 4) is 0 Å². The normalized spacial score (nSPS) is 40.8. The molecule has 0 amide bonds. The van der Waals surface area contributed by atoms with Gasteiger partial charge in [0.25, 0.3) is 0 Å². The van der Waals surface area contributed by atoms with E-state index in [0.717, 1.165) is 24.7 Å². The van der Waals surface area contributed by atoms with Crippen LogP contribution in [0.15, 0.2) is 22.8 Å². The molecule has 3 rings (SSSR count). The lowest BCUT2D eigenvalue weighted by molar-refractivity contribution is -0.145. The lowest BCUT2D eigenvalue weighted by Crippen LogP contribution is -2.40. The van der Waals surface area contributed by atoms with Crippen molar-refractivity contribution in [3.63, 3.8) is 0 Å². The average molecular weight is 331 g/mol. The molecule has 0 saturated heterocycles. The second-order valence-electron chi connectivity index (χ2n) is 9.35. The molecule has 1 fully saturated rings. The van der Waals surface area contributed by atoms with Crippen molar-refractivity contribution >= 4 is 5.97 Å². The smallest absolute Gasteiger partial charge is 0.303 e. The van der Waals surface area contributed by atoms with Crippen LogP contribution < -0.4 is 0 Å². The van der Waals surface area contributed by atoms with Gasteiger partial charge in [0.1, 0.15) is 6.10 Å². The summed E-state index contributed by atoms with van der Waals surface area (Å²) < 4.78 is 5.62. The largest absolute Gasteiger partial charge is 0.458 e. The Morgan fingerprint density at radius 1 is 1.17 bits per heavy atom. The van der Waals surface area contributed by atoms with Gasteiger partial charge >= 0.3 is 5.97 Å². The Balaban J connectivity index is 2.08. The van der Waals surface area contributed by atoms with E-state index < -0.39 is 0 Å². The number of carbonyl (C=O) groups excluding carboxylic acids is 1. The average Bonchev–Trinajstić information content (AvgIpc) is 2.47. The van der Waals surface area contributed by atoms with Crippen LogP contribution in [0.25, 0.3) is 0 Å². The predicted molar refractivity (Wildman–Crippen MR) is 98.6 cm³/mol. The molecule has 1 saturated carbocycles. The van der Waals surface area contributed by atoms with Gasteiger partial charge in [-0.25, -0.2) is 0 Å². The summed E-state index contributed by atoms with van der Waals surface area (Å²) in [5.74, 6) is 1.46. The number of ether oxygens (including phenoxy) is 1. The fraction of sp³-hybridized carbons (Fsp3) is 0.773. The molecular formula is C22H34O2. The second-order valence-corrected chi connectivity index (χ2v) is 9.35. The topological polar surface area (TPSA) is 26.3 Å². The molecule has 0 heterocycles. The van der Waals surface area contributed by atoms with E-state index in [2.05, 4.69) is 40.7 Å². The number of esters is 1. The van der Waals surface area contributed by atoms with Crippen LogP contribution in [-0.2, 0) is 9.53 Å². The first kappa shape index (κ1) is 17.8. The van der Waals surface area contributed by atoms with E-state index in [1.165, 1.54) is 43.8 Å². The number of allylic oxidation sites excluding steroid dienone is 3. The zero-order valence-corrected chi connectivity index (χ0v) is 16.4. The zero-order chi connectivity index (χ0) is 17.7. The van der Waals surface area contributed by atoms with E-state index in [0.29, 0.717) is 5.41 Å². The van der Waals surface area contributed by atoms with Crippen LogP contribution in [0.1, 0.15) is 80.1 Å². The van der Waals surface area contributed by atoms with Crippen molar-refractivity contribution in [2.24, 2.45) is 22.7 Å². The van der Waals surface area contributed by atoms with E-state index in [1.54, 1.807) is 5.57 Å². The Labute approximate surface area is 147 Å². The Kier molecular flexibility index (Phi) is 4.47. The monoisotopic (exact) mass is 330 g/mol. The fourth-order valence-electron chi connectivity index (χ4n) is 5.75. The molecule has 0 unspecified atom stereocenters. The molecule has 0 spiro atoms. The molecular weight excluding hydrogens is 296 g/mol. The van der Waals surface area contributed by atoms with E-state index in [9.17, 15) is 4.79 Å². The molecule has 0 aliphatic heterocycles. The van der Waals surface area contributed by atoms with E-state index in [1.807, 2.05) is 0 Å². The molecule has 3 aliphatic carbocycles. The van der Waals surface area contributed by atoms with Gasteiger partial charge in [-0.2, -0.15) is 0 Å². The molecule has 4 atom stereocenters. The molecule has 3 aliphatic rings. The molecule has 0 aromatic carbocycles. The zero-order valence-electron chi connectivity index (χ0n) is 16.4. The summed E-state index contributed by atoms with van der Waals surface area (Å²) in [6, 6.07) is 0. The molecule has 24 heavy (non-hydrogen) atoms. The lowest BCUT2D eigenvalue weighted by atomic mass is 9.55. The van der Waals surface area contributed by atoms with Crippen LogP contribution in [0.2, 0.25) is 0 Å². The Morgan fingerprint density at radius 2 is 1.83 bits per heavy atom. The second kappa shape index (κ2) is 6.04. The number of rotatable bonds is 1.